The van der Waals surface area contributed by atoms with E-state index < -0.39 is 0 Å². The number of anilines is 1. The highest BCUT2D eigenvalue weighted by atomic mass is 35.5. The number of hydrogen-bond acceptors (Lipinski definition) is 5. The minimum Gasteiger partial charge on any atom is -0.408 e. The Morgan fingerprint density at radius 3 is 2.76 bits per heavy atom. The Kier molecular flexibility index (Phi) is 5.88. The molecule has 3 N–H and O–H groups in total. The van der Waals surface area contributed by atoms with Crippen LogP contribution in [-0.2, 0) is 6.42 Å². The van der Waals surface area contributed by atoms with Crippen molar-refractivity contribution >= 4 is 18.4 Å². The van der Waals surface area contributed by atoms with E-state index in [0.29, 0.717) is 11.4 Å². The van der Waals surface area contributed by atoms with Crippen LogP contribution in [0.25, 0.3) is 0 Å². The van der Waals surface area contributed by atoms with Crippen molar-refractivity contribution in [2.45, 2.75) is 57.8 Å². The molecule has 2 aliphatic carbocycles. The molecule has 1 atom stereocenters. The van der Waals surface area contributed by atoms with Gasteiger partial charge in [-0.3, -0.25) is 0 Å². The number of nitrogens with two attached hydrogens (primary N) is 1. The van der Waals surface area contributed by atoms with Gasteiger partial charge in [-0.25, -0.2) is 0 Å². The summed E-state index contributed by atoms with van der Waals surface area (Å²) >= 11 is 0. The van der Waals surface area contributed by atoms with Gasteiger partial charge < -0.3 is 15.5 Å². The summed E-state index contributed by atoms with van der Waals surface area (Å²) in [6.07, 6.45) is 11.4. The summed E-state index contributed by atoms with van der Waals surface area (Å²) in [5.74, 6) is 1.54. The largest absolute Gasteiger partial charge is 0.408 e. The summed E-state index contributed by atoms with van der Waals surface area (Å²) in [5, 5.41) is 11.5. The van der Waals surface area contributed by atoms with Crippen LogP contribution in [-0.4, -0.2) is 23.3 Å². The van der Waals surface area contributed by atoms with E-state index in [1.54, 1.807) is 0 Å². The first-order valence-electron chi connectivity index (χ1n) is 8.09. The van der Waals surface area contributed by atoms with Crippen molar-refractivity contribution in [1.82, 2.24) is 10.2 Å². The molecule has 120 valence electrons. The third-order valence-electron chi connectivity index (χ3n) is 5.02. The third-order valence-corrected chi connectivity index (χ3v) is 5.02. The average Bonchev–Trinajstić information content (AvgIpc) is 2.93. The van der Waals surface area contributed by atoms with Crippen LogP contribution in [0.3, 0.4) is 0 Å². The molecule has 2 aliphatic rings. The number of rotatable bonds is 7. The van der Waals surface area contributed by atoms with Crippen LogP contribution in [0.1, 0.15) is 57.3 Å². The molecule has 6 heteroatoms. The van der Waals surface area contributed by atoms with Crippen LogP contribution in [0, 0.1) is 11.3 Å². The molecule has 2 saturated carbocycles. The van der Waals surface area contributed by atoms with Crippen molar-refractivity contribution in [2.24, 2.45) is 17.1 Å². The van der Waals surface area contributed by atoms with Gasteiger partial charge in [0.15, 0.2) is 0 Å². The zero-order valence-corrected chi connectivity index (χ0v) is 13.5. The first kappa shape index (κ1) is 16.6. The van der Waals surface area contributed by atoms with Gasteiger partial charge in [0.05, 0.1) is 0 Å². The van der Waals surface area contributed by atoms with Crippen LogP contribution in [0.15, 0.2) is 4.42 Å². The Bertz CT molecular complexity index is 431. The number of halogens is 1. The maximum absolute atomic E-state index is 5.61. The Morgan fingerprint density at radius 2 is 2.00 bits per heavy atom. The lowest BCUT2D eigenvalue weighted by molar-refractivity contribution is 0.310. The first-order chi connectivity index (χ1) is 9.82. The number of hydrogen-bond donors (Lipinski definition) is 2. The van der Waals surface area contributed by atoms with Crippen LogP contribution in [0.2, 0.25) is 0 Å². The number of nitrogens with one attached hydrogen (secondary N) is 1. The number of aromatic nitrogens is 2. The maximum Gasteiger partial charge on any atom is 0.315 e. The topological polar surface area (TPSA) is 77.0 Å². The normalized spacial score (nSPS) is 22.8. The predicted molar refractivity (Wildman–Crippen MR) is 85.7 cm³/mol. The predicted octanol–water partition coefficient (Wildman–Crippen LogP) is 3.16. The summed E-state index contributed by atoms with van der Waals surface area (Å²) in [7, 11) is 0. The molecule has 0 aliphatic heterocycles. The Balaban J connectivity index is 0.00000161. The lowest BCUT2D eigenvalue weighted by atomic mass is 9.84. The minimum atomic E-state index is 0. The van der Waals surface area contributed by atoms with Crippen LogP contribution < -0.4 is 11.1 Å². The monoisotopic (exact) mass is 314 g/mol. The molecule has 2 fully saturated rings. The van der Waals surface area contributed by atoms with E-state index in [1.807, 2.05) is 0 Å². The second-order valence-corrected chi connectivity index (χ2v) is 6.45. The standard InChI is InChI=1S/C15H26N4O.ClH/c16-9-5-2-6-13-18-19-14(20-13)17-11-12-10-15(12)7-3-1-4-8-15;/h12H,1-11,16H2,(H,17,19);1H. The molecular weight excluding hydrogens is 288 g/mol. The van der Waals surface area contributed by atoms with Crippen LogP contribution in [0.5, 0.6) is 0 Å². The second-order valence-electron chi connectivity index (χ2n) is 6.45. The summed E-state index contributed by atoms with van der Waals surface area (Å²) in [6.45, 7) is 1.72. The van der Waals surface area contributed by atoms with Crippen LogP contribution >= 0.6 is 12.4 Å². The molecular formula is C15H27ClN4O. The van der Waals surface area contributed by atoms with Gasteiger partial charge >= 0.3 is 6.01 Å². The van der Waals surface area contributed by atoms with E-state index in [0.717, 1.165) is 44.2 Å². The molecule has 1 unspecified atom stereocenters. The van der Waals surface area contributed by atoms with Gasteiger partial charge in [-0.2, -0.15) is 0 Å². The Labute approximate surface area is 132 Å². The molecule has 0 bridgehead atoms. The van der Waals surface area contributed by atoms with E-state index in [2.05, 4.69) is 15.5 Å². The summed E-state index contributed by atoms with van der Waals surface area (Å²) in [6, 6.07) is 0.589. The lowest BCUT2D eigenvalue weighted by Crippen LogP contribution is -2.14. The van der Waals surface area contributed by atoms with Crippen molar-refractivity contribution in [3.8, 4) is 0 Å². The summed E-state index contributed by atoms with van der Waals surface area (Å²) < 4.78 is 5.61. The van der Waals surface area contributed by atoms with E-state index in [-0.39, 0.29) is 12.4 Å². The molecule has 0 radical (unpaired) electrons. The number of nitrogens with zero attached hydrogens (tertiary/aromatic N) is 2. The fourth-order valence-corrected chi connectivity index (χ4v) is 3.65. The maximum atomic E-state index is 5.61. The smallest absolute Gasteiger partial charge is 0.315 e. The summed E-state index contributed by atoms with van der Waals surface area (Å²) in [4.78, 5) is 0. The highest BCUT2D eigenvalue weighted by Gasteiger charge is 2.53. The zero-order chi connectivity index (χ0) is 13.8. The summed E-state index contributed by atoms with van der Waals surface area (Å²) in [5.41, 5.74) is 6.14. The SMILES string of the molecule is Cl.NCCCCc1nnc(NCC2CC23CCCCC3)o1. The third kappa shape index (κ3) is 4.10. The zero-order valence-electron chi connectivity index (χ0n) is 12.6. The van der Waals surface area contributed by atoms with Gasteiger partial charge in [-0.05, 0) is 50.0 Å². The van der Waals surface area contributed by atoms with Crippen molar-refractivity contribution in [1.29, 1.82) is 0 Å². The fraction of sp³-hybridized carbons (Fsp3) is 0.867. The van der Waals surface area contributed by atoms with Crippen LogP contribution in [0.4, 0.5) is 6.01 Å². The van der Waals surface area contributed by atoms with E-state index >= 15 is 0 Å². The molecule has 0 amide bonds. The molecule has 1 spiro atoms. The highest BCUT2D eigenvalue weighted by molar-refractivity contribution is 5.85. The molecule has 5 nitrogen and oxygen atoms in total. The molecule has 21 heavy (non-hydrogen) atoms. The second kappa shape index (κ2) is 7.45. The van der Waals surface area contributed by atoms with Gasteiger partial charge in [0.1, 0.15) is 0 Å². The number of aryl methyl sites for hydroxylation is 1. The van der Waals surface area contributed by atoms with Gasteiger partial charge in [0.25, 0.3) is 0 Å². The molecule has 0 aromatic carbocycles. The minimum absolute atomic E-state index is 0. The molecule has 1 aromatic heterocycles. The molecule has 1 aromatic rings. The van der Waals surface area contributed by atoms with Crippen molar-refractivity contribution < 1.29 is 4.42 Å². The highest BCUT2D eigenvalue weighted by Crippen LogP contribution is 2.61. The van der Waals surface area contributed by atoms with Crippen molar-refractivity contribution in [2.75, 3.05) is 18.4 Å². The van der Waals surface area contributed by atoms with E-state index in [1.165, 1.54) is 38.5 Å². The molecule has 3 rings (SSSR count). The van der Waals surface area contributed by atoms with E-state index in [9.17, 15) is 0 Å². The van der Waals surface area contributed by atoms with E-state index in [4.69, 9.17) is 10.2 Å². The lowest BCUT2D eigenvalue weighted by Gasteiger charge is -2.22. The van der Waals surface area contributed by atoms with Crippen molar-refractivity contribution in [3.05, 3.63) is 5.89 Å². The Hall–Kier alpha value is -0.810. The average molecular weight is 315 g/mol. The molecule has 0 saturated heterocycles. The van der Waals surface area contributed by atoms with Crippen molar-refractivity contribution in [3.63, 3.8) is 0 Å². The van der Waals surface area contributed by atoms with Gasteiger partial charge in [0, 0.05) is 13.0 Å². The van der Waals surface area contributed by atoms with Gasteiger partial charge in [0.2, 0.25) is 5.89 Å². The quantitative estimate of drug-likeness (QED) is 0.756. The van der Waals surface area contributed by atoms with Gasteiger partial charge in [-0.15, -0.1) is 17.5 Å². The number of unbranched alkanes of at least 4 members (excludes halogenated alkanes) is 1. The molecule has 1 heterocycles. The van der Waals surface area contributed by atoms with Gasteiger partial charge in [-0.1, -0.05) is 24.4 Å². The Morgan fingerprint density at radius 1 is 1.19 bits per heavy atom. The fourth-order valence-electron chi connectivity index (χ4n) is 3.65. The first-order valence-corrected chi connectivity index (χ1v) is 8.09.